The van der Waals surface area contributed by atoms with Crippen LogP contribution in [0.3, 0.4) is 0 Å². The van der Waals surface area contributed by atoms with Gasteiger partial charge in [-0.15, -0.1) is 10.1 Å². The summed E-state index contributed by atoms with van der Waals surface area (Å²) < 4.78 is 0. The van der Waals surface area contributed by atoms with Gasteiger partial charge in [0.15, 0.2) is 5.69 Å². The first-order chi connectivity index (χ1) is 11.5. The zero-order chi connectivity index (χ0) is 17.5. The first kappa shape index (κ1) is 17.3. The topological polar surface area (TPSA) is 113 Å². The standard InChI is InChI=1S/C15H17N5O4/c1-3-19(2)13-7-4-11(5-8-13)16-17-14-9-6-12(18-24-23)10-15(14)20(21)22/h4-10,18,23H,3H2,1-2H3. The van der Waals surface area contributed by atoms with Gasteiger partial charge in [0.05, 0.1) is 16.3 Å². The molecule has 0 aliphatic carbocycles. The van der Waals surface area contributed by atoms with Crippen LogP contribution in [0.15, 0.2) is 52.7 Å². The fourth-order valence-corrected chi connectivity index (χ4v) is 1.94. The van der Waals surface area contributed by atoms with Crippen molar-refractivity contribution in [3.8, 4) is 0 Å². The number of nitro groups is 1. The van der Waals surface area contributed by atoms with E-state index in [4.69, 9.17) is 5.26 Å². The van der Waals surface area contributed by atoms with E-state index >= 15 is 0 Å². The minimum Gasteiger partial charge on any atom is -0.375 e. The molecular weight excluding hydrogens is 314 g/mol. The minimum atomic E-state index is -0.587. The zero-order valence-electron chi connectivity index (χ0n) is 13.2. The van der Waals surface area contributed by atoms with Gasteiger partial charge in [-0.2, -0.15) is 5.11 Å². The molecule has 0 unspecified atom stereocenters. The van der Waals surface area contributed by atoms with Crippen molar-refractivity contribution in [2.45, 2.75) is 6.92 Å². The van der Waals surface area contributed by atoms with E-state index in [0.29, 0.717) is 5.69 Å². The molecule has 0 aromatic heterocycles. The Kier molecular flexibility index (Phi) is 5.77. The monoisotopic (exact) mass is 331 g/mol. The molecule has 0 spiro atoms. The van der Waals surface area contributed by atoms with Crippen LogP contribution >= 0.6 is 0 Å². The lowest BCUT2D eigenvalue weighted by Gasteiger charge is -2.16. The molecule has 0 aliphatic heterocycles. The number of benzene rings is 2. The number of nitro benzene ring substituents is 1. The maximum absolute atomic E-state index is 11.1. The van der Waals surface area contributed by atoms with Crippen LogP contribution in [-0.2, 0) is 4.99 Å². The highest BCUT2D eigenvalue weighted by atomic mass is 17.2. The van der Waals surface area contributed by atoms with E-state index in [2.05, 4.69) is 25.6 Å². The third-order valence-electron chi connectivity index (χ3n) is 3.37. The van der Waals surface area contributed by atoms with Gasteiger partial charge in [0.1, 0.15) is 0 Å². The molecule has 2 rings (SSSR count). The number of hydrogen-bond acceptors (Lipinski definition) is 8. The molecular formula is C15H17N5O4. The maximum Gasteiger partial charge on any atom is 0.298 e. The van der Waals surface area contributed by atoms with E-state index in [1.54, 1.807) is 12.1 Å². The van der Waals surface area contributed by atoms with Crippen LogP contribution in [0.25, 0.3) is 0 Å². The summed E-state index contributed by atoms with van der Waals surface area (Å²) in [6.07, 6.45) is 0. The quantitative estimate of drug-likeness (QED) is 0.339. The van der Waals surface area contributed by atoms with Gasteiger partial charge in [0, 0.05) is 25.3 Å². The van der Waals surface area contributed by atoms with Crippen molar-refractivity contribution < 1.29 is 15.2 Å². The molecule has 0 atom stereocenters. The van der Waals surface area contributed by atoms with E-state index in [9.17, 15) is 10.1 Å². The van der Waals surface area contributed by atoms with Gasteiger partial charge in [-0.05, 0) is 43.3 Å². The Morgan fingerprint density at radius 2 is 1.96 bits per heavy atom. The fraction of sp³-hybridized carbons (Fsp3) is 0.200. The van der Waals surface area contributed by atoms with Gasteiger partial charge in [0.25, 0.3) is 5.69 Å². The smallest absolute Gasteiger partial charge is 0.298 e. The van der Waals surface area contributed by atoms with E-state index in [1.165, 1.54) is 18.2 Å². The highest BCUT2D eigenvalue weighted by molar-refractivity contribution is 5.64. The fourth-order valence-electron chi connectivity index (χ4n) is 1.94. The Hall–Kier alpha value is -3.04. The second kappa shape index (κ2) is 7.99. The Morgan fingerprint density at radius 1 is 1.25 bits per heavy atom. The molecule has 0 bridgehead atoms. The molecule has 0 fully saturated rings. The average Bonchev–Trinajstić information content (AvgIpc) is 2.60. The normalized spacial score (nSPS) is 10.8. The average molecular weight is 331 g/mol. The van der Waals surface area contributed by atoms with Crippen LogP contribution in [0.1, 0.15) is 6.92 Å². The first-order valence-electron chi connectivity index (χ1n) is 7.13. The summed E-state index contributed by atoms with van der Waals surface area (Å²) in [5.41, 5.74) is 3.78. The largest absolute Gasteiger partial charge is 0.375 e. The van der Waals surface area contributed by atoms with E-state index in [1.807, 2.05) is 26.1 Å². The number of nitrogens with zero attached hydrogens (tertiary/aromatic N) is 4. The van der Waals surface area contributed by atoms with Crippen LogP contribution in [0.5, 0.6) is 0 Å². The molecule has 0 aliphatic rings. The molecule has 0 saturated heterocycles. The van der Waals surface area contributed by atoms with E-state index in [0.717, 1.165) is 12.2 Å². The molecule has 9 heteroatoms. The Labute approximate surface area is 138 Å². The molecule has 0 amide bonds. The lowest BCUT2D eigenvalue weighted by Crippen LogP contribution is -2.15. The van der Waals surface area contributed by atoms with Gasteiger partial charge >= 0.3 is 0 Å². The third kappa shape index (κ3) is 4.24. The summed E-state index contributed by atoms with van der Waals surface area (Å²) in [4.78, 5) is 16.3. The van der Waals surface area contributed by atoms with Gasteiger partial charge in [-0.25, -0.2) is 10.7 Å². The summed E-state index contributed by atoms with van der Waals surface area (Å²) in [7, 11) is 1.98. The lowest BCUT2D eigenvalue weighted by atomic mass is 10.2. The minimum absolute atomic E-state index is 0.0956. The predicted octanol–water partition coefficient (Wildman–Crippen LogP) is 4.28. The van der Waals surface area contributed by atoms with Crippen LogP contribution in [-0.4, -0.2) is 23.8 Å². The number of anilines is 2. The van der Waals surface area contributed by atoms with Crippen molar-refractivity contribution >= 4 is 28.4 Å². The summed E-state index contributed by atoms with van der Waals surface area (Å²) in [5, 5.41) is 27.4. The van der Waals surface area contributed by atoms with Crippen LogP contribution in [0.2, 0.25) is 0 Å². The van der Waals surface area contributed by atoms with Crippen molar-refractivity contribution in [3.63, 3.8) is 0 Å². The SMILES string of the molecule is CCN(C)c1ccc(N=Nc2ccc(NOO)cc2[N+](=O)[O-])cc1. The van der Waals surface area contributed by atoms with Crippen LogP contribution in [0.4, 0.5) is 28.4 Å². The molecule has 2 aromatic carbocycles. The third-order valence-corrected chi connectivity index (χ3v) is 3.37. The molecule has 0 saturated carbocycles. The highest BCUT2D eigenvalue weighted by Gasteiger charge is 2.14. The Balaban J connectivity index is 2.23. The Bertz CT molecular complexity index is 733. The molecule has 126 valence electrons. The van der Waals surface area contributed by atoms with Crippen LogP contribution in [0, 0.1) is 10.1 Å². The van der Waals surface area contributed by atoms with Gasteiger partial charge in [-0.3, -0.25) is 10.1 Å². The number of rotatable bonds is 7. The van der Waals surface area contributed by atoms with Crippen molar-refractivity contribution in [1.82, 2.24) is 0 Å². The van der Waals surface area contributed by atoms with Crippen LogP contribution < -0.4 is 10.4 Å². The second-order valence-corrected chi connectivity index (χ2v) is 4.88. The molecule has 0 radical (unpaired) electrons. The Morgan fingerprint density at radius 3 is 2.54 bits per heavy atom. The summed E-state index contributed by atoms with van der Waals surface area (Å²) in [6, 6.07) is 11.4. The molecule has 0 heterocycles. The second-order valence-electron chi connectivity index (χ2n) is 4.88. The summed E-state index contributed by atoms with van der Waals surface area (Å²) >= 11 is 0. The van der Waals surface area contributed by atoms with Crippen molar-refractivity contribution in [1.29, 1.82) is 0 Å². The summed E-state index contributed by atoms with van der Waals surface area (Å²) in [5.74, 6) is 0. The summed E-state index contributed by atoms with van der Waals surface area (Å²) in [6.45, 7) is 2.93. The van der Waals surface area contributed by atoms with E-state index < -0.39 is 4.92 Å². The van der Waals surface area contributed by atoms with Gasteiger partial charge in [-0.1, -0.05) is 0 Å². The molecule has 2 N–H and O–H groups in total. The van der Waals surface area contributed by atoms with Gasteiger partial charge in [0.2, 0.25) is 0 Å². The van der Waals surface area contributed by atoms with Crippen molar-refractivity contribution in [3.05, 3.63) is 52.6 Å². The lowest BCUT2D eigenvalue weighted by molar-refractivity contribution is -0.384. The predicted molar refractivity (Wildman–Crippen MR) is 90.0 cm³/mol. The first-order valence-corrected chi connectivity index (χ1v) is 7.13. The molecule has 2 aromatic rings. The number of azo groups is 1. The number of hydrogen-bond donors (Lipinski definition) is 2. The van der Waals surface area contributed by atoms with Gasteiger partial charge < -0.3 is 4.90 Å². The number of nitrogens with one attached hydrogen (secondary N) is 1. The van der Waals surface area contributed by atoms with Crippen molar-refractivity contribution in [2.24, 2.45) is 10.2 Å². The van der Waals surface area contributed by atoms with Crippen molar-refractivity contribution in [2.75, 3.05) is 24.0 Å². The molecule has 24 heavy (non-hydrogen) atoms. The molecule has 9 nitrogen and oxygen atoms in total. The zero-order valence-corrected chi connectivity index (χ0v) is 13.2. The van der Waals surface area contributed by atoms with E-state index in [-0.39, 0.29) is 17.1 Å². The maximum atomic E-state index is 11.1. The highest BCUT2D eigenvalue weighted by Crippen LogP contribution is 2.32.